The number of aromatic nitrogens is 1. The highest BCUT2D eigenvalue weighted by molar-refractivity contribution is 9.10. The second-order valence-electron chi connectivity index (χ2n) is 6.83. The Morgan fingerprint density at radius 3 is 2.48 bits per heavy atom. The van der Waals surface area contributed by atoms with Crippen LogP contribution in [0.3, 0.4) is 0 Å². The molecular weight excluding hydrogens is 428 g/mol. The maximum atomic E-state index is 12.7. The van der Waals surface area contributed by atoms with E-state index in [1.54, 1.807) is 31.4 Å². The number of carbonyl (C=O) groups excluding carboxylic acids is 1. The Morgan fingerprint density at radius 2 is 1.76 bits per heavy atom. The molecule has 1 heterocycles. The van der Waals surface area contributed by atoms with Crippen LogP contribution in [0, 0.1) is 0 Å². The summed E-state index contributed by atoms with van der Waals surface area (Å²) in [6.45, 7) is 0.494. The number of nitrogens with one attached hydrogen (secondary N) is 2. The van der Waals surface area contributed by atoms with E-state index in [4.69, 9.17) is 4.74 Å². The van der Waals surface area contributed by atoms with E-state index in [-0.39, 0.29) is 11.8 Å². The molecule has 1 unspecified atom stereocenters. The van der Waals surface area contributed by atoms with Crippen LogP contribution in [0.25, 0.3) is 10.9 Å². The van der Waals surface area contributed by atoms with E-state index in [1.165, 1.54) is 5.39 Å². The number of hydrogen-bond donors (Lipinski definition) is 2. The van der Waals surface area contributed by atoms with Crippen LogP contribution < -0.4 is 10.1 Å². The summed E-state index contributed by atoms with van der Waals surface area (Å²) in [5.74, 6) is 0.657. The van der Waals surface area contributed by atoms with Crippen molar-refractivity contribution in [2.45, 2.75) is 5.92 Å². The zero-order valence-electron chi connectivity index (χ0n) is 16.0. The first-order valence-electron chi connectivity index (χ1n) is 9.39. The van der Waals surface area contributed by atoms with Crippen molar-refractivity contribution in [3.63, 3.8) is 0 Å². The number of fused-ring (bicyclic) bond motifs is 1. The van der Waals surface area contributed by atoms with Gasteiger partial charge in [-0.05, 0) is 53.6 Å². The van der Waals surface area contributed by atoms with E-state index >= 15 is 0 Å². The van der Waals surface area contributed by atoms with E-state index in [2.05, 4.69) is 50.5 Å². The van der Waals surface area contributed by atoms with Crippen molar-refractivity contribution in [3.05, 3.63) is 100 Å². The Labute approximate surface area is 178 Å². The van der Waals surface area contributed by atoms with Gasteiger partial charge in [0, 0.05) is 39.6 Å². The Hall–Kier alpha value is -3.05. The van der Waals surface area contributed by atoms with Crippen molar-refractivity contribution < 1.29 is 9.53 Å². The first kappa shape index (κ1) is 19.3. The van der Waals surface area contributed by atoms with Crippen molar-refractivity contribution in [2.24, 2.45) is 0 Å². The number of ether oxygens (including phenoxy) is 1. The molecule has 0 radical (unpaired) electrons. The van der Waals surface area contributed by atoms with Gasteiger partial charge in [-0.15, -0.1) is 0 Å². The zero-order valence-corrected chi connectivity index (χ0v) is 17.6. The molecule has 0 saturated heterocycles. The minimum absolute atomic E-state index is 0.0291. The number of halogens is 1. The van der Waals surface area contributed by atoms with Gasteiger partial charge in [-0.3, -0.25) is 4.79 Å². The van der Waals surface area contributed by atoms with Crippen LogP contribution in [-0.4, -0.2) is 24.5 Å². The second-order valence-corrected chi connectivity index (χ2v) is 7.75. The molecule has 0 saturated carbocycles. The minimum Gasteiger partial charge on any atom is -0.497 e. The fourth-order valence-corrected chi connectivity index (χ4v) is 3.79. The number of para-hydroxylation sites is 1. The Balaban J connectivity index is 1.62. The van der Waals surface area contributed by atoms with Gasteiger partial charge in [0.05, 0.1) is 7.11 Å². The Bertz CT molecular complexity index is 1120. The van der Waals surface area contributed by atoms with Crippen molar-refractivity contribution in [1.82, 2.24) is 10.3 Å². The van der Waals surface area contributed by atoms with Crippen LogP contribution in [0.5, 0.6) is 5.75 Å². The summed E-state index contributed by atoms with van der Waals surface area (Å²) >= 11 is 3.50. The summed E-state index contributed by atoms with van der Waals surface area (Å²) in [4.78, 5) is 16.0. The molecule has 0 aliphatic rings. The highest BCUT2D eigenvalue weighted by Gasteiger charge is 2.19. The van der Waals surface area contributed by atoms with Crippen molar-refractivity contribution >= 4 is 32.7 Å². The highest BCUT2D eigenvalue weighted by atomic mass is 79.9. The lowest BCUT2D eigenvalue weighted by atomic mass is 9.91. The van der Waals surface area contributed by atoms with Gasteiger partial charge in [0.2, 0.25) is 0 Å². The van der Waals surface area contributed by atoms with Gasteiger partial charge in [0.15, 0.2) is 0 Å². The fourth-order valence-electron chi connectivity index (χ4n) is 3.52. The van der Waals surface area contributed by atoms with Crippen LogP contribution in [0.1, 0.15) is 27.4 Å². The fraction of sp³-hybridized carbons (Fsp3) is 0.125. The molecule has 1 amide bonds. The average molecular weight is 449 g/mol. The van der Waals surface area contributed by atoms with E-state index in [0.29, 0.717) is 12.1 Å². The van der Waals surface area contributed by atoms with Gasteiger partial charge < -0.3 is 15.0 Å². The maximum Gasteiger partial charge on any atom is 0.251 e. The van der Waals surface area contributed by atoms with Gasteiger partial charge >= 0.3 is 0 Å². The Morgan fingerprint density at radius 1 is 1.03 bits per heavy atom. The predicted octanol–water partition coefficient (Wildman–Crippen LogP) is 5.50. The van der Waals surface area contributed by atoms with Gasteiger partial charge in [0.1, 0.15) is 5.75 Å². The first-order valence-corrected chi connectivity index (χ1v) is 10.2. The van der Waals surface area contributed by atoms with Crippen molar-refractivity contribution in [3.8, 4) is 5.75 Å². The van der Waals surface area contributed by atoms with E-state index in [9.17, 15) is 4.79 Å². The number of methoxy groups -OCH3 is 1. The van der Waals surface area contributed by atoms with Crippen molar-refractivity contribution in [2.75, 3.05) is 13.7 Å². The third kappa shape index (κ3) is 4.20. The highest BCUT2D eigenvalue weighted by Crippen LogP contribution is 2.31. The molecule has 2 N–H and O–H groups in total. The van der Waals surface area contributed by atoms with Crippen LogP contribution in [0.4, 0.5) is 0 Å². The van der Waals surface area contributed by atoms with Gasteiger partial charge in [-0.1, -0.05) is 46.3 Å². The number of H-pyrrole nitrogens is 1. The standard InChI is InChI=1S/C24H21BrN2O2/c1-29-19-12-8-17(9-13-19)24(28)27-14-21(16-6-10-18(25)11-7-16)22-15-26-23-5-3-2-4-20(22)23/h2-13,15,21,26H,14H2,1H3,(H,27,28). The molecule has 1 atom stereocenters. The lowest BCUT2D eigenvalue weighted by Crippen LogP contribution is -2.28. The lowest BCUT2D eigenvalue weighted by Gasteiger charge is -2.18. The Kier molecular flexibility index (Phi) is 5.67. The topological polar surface area (TPSA) is 54.1 Å². The summed E-state index contributed by atoms with van der Waals surface area (Å²) < 4.78 is 6.19. The van der Waals surface area contributed by atoms with Crippen LogP contribution >= 0.6 is 15.9 Å². The maximum absolute atomic E-state index is 12.7. The van der Waals surface area contributed by atoms with E-state index in [0.717, 1.165) is 26.9 Å². The minimum atomic E-state index is -0.102. The molecule has 0 aliphatic heterocycles. The van der Waals surface area contributed by atoms with Crippen LogP contribution in [0.2, 0.25) is 0 Å². The lowest BCUT2D eigenvalue weighted by molar-refractivity contribution is 0.0952. The summed E-state index contributed by atoms with van der Waals surface area (Å²) in [5, 5.41) is 4.26. The van der Waals surface area contributed by atoms with E-state index in [1.807, 2.05) is 30.5 Å². The number of rotatable bonds is 6. The zero-order chi connectivity index (χ0) is 20.2. The smallest absolute Gasteiger partial charge is 0.251 e. The molecule has 0 fully saturated rings. The molecular formula is C24H21BrN2O2. The monoisotopic (exact) mass is 448 g/mol. The molecule has 0 aliphatic carbocycles. The third-order valence-electron chi connectivity index (χ3n) is 5.09. The quantitative estimate of drug-likeness (QED) is 0.409. The number of amides is 1. The number of hydrogen-bond acceptors (Lipinski definition) is 2. The summed E-state index contributed by atoms with van der Waals surface area (Å²) in [6, 6.07) is 23.6. The van der Waals surface area contributed by atoms with Gasteiger partial charge in [0.25, 0.3) is 5.91 Å². The normalized spacial score (nSPS) is 11.9. The molecule has 146 valence electrons. The first-order chi connectivity index (χ1) is 14.2. The summed E-state index contributed by atoms with van der Waals surface area (Å²) in [5.41, 5.74) is 4.01. The SMILES string of the molecule is COc1ccc(C(=O)NCC(c2ccc(Br)cc2)c2c[nH]c3ccccc23)cc1. The molecule has 0 bridgehead atoms. The van der Waals surface area contributed by atoms with Crippen LogP contribution in [0.15, 0.2) is 83.5 Å². The number of aromatic amines is 1. The summed E-state index contributed by atoms with van der Waals surface area (Å²) in [7, 11) is 1.61. The second kappa shape index (κ2) is 8.53. The average Bonchev–Trinajstić information content (AvgIpc) is 3.19. The molecule has 1 aromatic heterocycles. The summed E-state index contributed by atoms with van der Waals surface area (Å²) in [6.07, 6.45) is 2.04. The van der Waals surface area contributed by atoms with Gasteiger partial charge in [-0.2, -0.15) is 0 Å². The number of carbonyl (C=O) groups is 1. The molecule has 5 heteroatoms. The molecule has 4 rings (SSSR count). The molecule has 4 aromatic rings. The molecule has 3 aromatic carbocycles. The third-order valence-corrected chi connectivity index (χ3v) is 5.62. The van der Waals surface area contributed by atoms with Crippen LogP contribution in [-0.2, 0) is 0 Å². The largest absolute Gasteiger partial charge is 0.497 e. The predicted molar refractivity (Wildman–Crippen MR) is 120 cm³/mol. The van der Waals surface area contributed by atoms with E-state index < -0.39 is 0 Å². The molecule has 4 nitrogen and oxygen atoms in total. The molecule has 0 spiro atoms. The molecule has 29 heavy (non-hydrogen) atoms. The van der Waals surface area contributed by atoms with Crippen molar-refractivity contribution in [1.29, 1.82) is 0 Å². The van der Waals surface area contributed by atoms with Gasteiger partial charge in [-0.25, -0.2) is 0 Å². The number of benzene rings is 3.